The highest BCUT2D eigenvalue weighted by molar-refractivity contribution is 5.91. The van der Waals surface area contributed by atoms with Crippen LogP contribution in [0, 0.1) is 0 Å². The van der Waals surface area contributed by atoms with Crippen molar-refractivity contribution in [2.75, 3.05) is 27.2 Å². The van der Waals surface area contributed by atoms with Gasteiger partial charge in [0.05, 0.1) is 24.0 Å². The fraction of sp³-hybridized carbons (Fsp3) is 0.533. The summed E-state index contributed by atoms with van der Waals surface area (Å²) in [6.45, 7) is 2.06. The largest absolute Gasteiger partial charge is 0.385 e. The van der Waals surface area contributed by atoms with E-state index in [0.29, 0.717) is 31.9 Å². The van der Waals surface area contributed by atoms with Crippen LogP contribution in [-0.4, -0.2) is 62.9 Å². The summed E-state index contributed by atoms with van der Waals surface area (Å²) >= 11 is 0. The van der Waals surface area contributed by atoms with Gasteiger partial charge in [0.25, 0.3) is 11.5 Å². The number of nitrogens with one attached hydrogen (secondary N) is 1. The van der Waals surface area contributed by atoms with E-state index in [1.165, 1.54) is 0 Å². The van der Waals surface area contributed by atoms with Crippen molar-refractivity contribution in [2.24, 2.45) is 0 Å². The number of hydrogen-bond donors (Lipinski definition) is 2. The summed E-state index contributed by atoms with van der Waals surface area (Å²) in [6, 6.07) is 2.98. The molecular formula is C15H21N5O4. The summed E-state index contributed by atoms with van der Waals surface area (Å²) in [4.78, 5) is 27.1. The van der Waals surface area contributed by atoms with Gasteiger partial charge in [-0.05, 0) is 26.6 Å². The van der Waals surface area contributed by atoms with Crippen LogP contribution >= 0.6 is 0 Å². The number of H-pyrrole nitrogens is 1. The number of nitrogens with zero attached hydrogens (tertiary/aromatic N) is 4. The zero-order valence-electron chi connectivity index (χ0n) is 13.7. The van der Waals surface area contributed by atoms with E-state index in [0.717, 1.165) is 18.2 Å². The van der Waals surface area contributed by atoms with Crippen LogP contribution in [0.2, 0.25) is 0 Å². The molecule has 0 radical (unpaired) electrons. The maximum Gasteiger partial charge on any atom is 0.292 e. The second kappa shape index (κ2) is 6.62. The lowest BCUT2D eigenvalue weighted by Crippen LogP contribution is -2.30. The Morgan fingerprint density at radius 3 is 2.92 bits per heavy atom. The minimum absolute atomic E-state index is 0.000770. The first kappa shape index (κ1) is 16.5. The smallest absolute Gasteiger partial charge is 0.292 e. The quantitative estimate of drug-likeness (QED) is 0.801. The molecule has 0 saturated heterocycles. The predicted octanol–water partition coefficient (Wildman–Crippen LogP) is -0.195. The second-order valence-corrected chi connectivity index (χ2v) is 6.22. The van der Waals surface area contributed by atoms with Gasteiger partial charge in [-0.25, -0.2) is 0 Å². The molecule has 24 heavy (non-hydrogen) atoms. The molecule has 9 heteroatoms. The van der Waals surface area contributed by atoms with Crippen LogP contribution in [0.1, 0.15) is 34.5 Å². The van der Waals surface area contributed by atoms with Gasteiger partial charge in [0.1, 0.15) is 6.10 Å². The van der Waals surface area contributed by atoms with Gasteiger partial charge in [0.15, 0.2) is 0 Å². The Bertz CT molecular complexity index is 775. The third-order valence-electron chi connectivity index (χ3n) is 3.93. The topological polar surface area (TPSA) is 108 Å². The highest BCUT2D eigenvalue weighted by atomic mass is 16.5. The Hall–Kier alpha value is -2.39. The first-order valence-electron chi connectivity index (χ1n) is 7.81. The van der Waals surface area contributed by atoms with Gasteiger partial charge >= 0.3 is 0 Å². The Labute approximate surface area is 138 Å². The van der Waals surface area contributed by atoms with E-state index in [1.54, 1.807) is 4.90 Å². The number of carbonyl (C=O) groups excluding carboxylic acids is 1. The minimum atomic E-state index is -0.675. The van der Waals surface area contributed by atoms with E-state index in [4.69, 9.17) is 4.52 Å². The number of fused-ring (bicyclic) bond motifs is 1. The van der Waals surface area contributed by atoms with Gasteiger partial charge < -0.3 is 19.4 Å². The normalized spacial score (nSPS) is 16.1. The molecule has 9 nitrogen and oxygen atoms in total. The average Bonchev–Trinajstić information content (AvgIpc) is 3.07. The van der Waals surface area contributed by atoms with E-state index >= 15 is 0 Å². The molecule has 0 fully saturated rings. The summed E-state index contributed by atoms with van der Waals surface area (Å²) in [5, 5.41) is 16.8. The van der Waals surface area contributed by atoms with Crippen LogP contribution in [0.5, 0.6) is 0 Å². The standard InChI is InChI=1S/C15H21N5O4/c1-18(2)9-12(21)11-6-10-8-19(4-3-5-20(10)16-11)15(23)13-7-14(22)17-24-13/h6-7,12,21H,3-5,8-9H2,1-2H3,(H,17,22)/t12-/m0/s1. The summed E-state index contributed by atoms with van der Waals surface area (Å²) in [5.41, 5.74) is 1.01. The Morgan fingerprint density at radius 1 is 1.46 bits per heavy atom. The molecular weight excluding hydrogens is 314 g/mol. The zero-order chi connectivity index (χ0) is 17.3. The van der Waals surface area contributed by atoms with E-state index < -0.39 is 11.7 Å². The van der Waals surface area contributed by atoms with Crippen molar-refractivity contribution in [1.82, 2.24) is 24.7 Å². The molecule has 2 aromatic heterocycles. The Morgan fingerprint density at radius 2 is 2.25 bits per heavy atom. The SMILES string of the molecule is CN(C)C[C@H](O)c1cc2n(n1)CCCN(C(=O)c1cc(=O)[nH]o1)C2. The van der Waals surface area contributed by atoms with Crippen molar-refractivity contribution in [3.8, 4) is 0 Å². The molecule has 2 aromatic rings. The second-order valence-electron chi connectivity index (χ2n) is 6.22. The van der Waals surface area contributed by atoms with E-state index in [-0.39, 0.29) is 11.7 Å². The maximum absolute atomic E-state index is 12.4. The van der Waals surface area contributed by atoms with E-state index in [9.17, 15) is 14.7 Å². The first-order valence-corrected chi connectivity index (χ1v) is 7.81. The number of amides is 1. The Balaban J connectivity index is 1.78. The molecule has 3 heterocycles. The lowest BCUT2D eigenvalue weighted by molar-refractivity contribution is 0.0703. The number of hydrogen-bond acceptors (Lipinski definition) is 6. The van der Waals surface area contributed by atoms with Gasteiger partial charge in [-0.2, -0.15) is 10.3 Å². The number of likely N-dealkylation sites (N-methyl/N-ethyl adjacent to an activating group) is 1. The number of aliphatic hydroxyl groups excluding tert-OH is 1. The first-order chi connectivity index (χ1) is 11.4. The molecule has 1 atom stereocenters. The maximum atomic E-state index is 12.4. The van der Waals surface area contributed by atoms with Crippen LogP contribution in [0.25, 0.3) is 0 Å². The fourth-order valence-corrected chi connectivity index (χ4v) is 2.80. The molecule has 0 bridgehead atoms. The monoisotopic (exact) mass is 335 g/mol. The number of aromatic amines is 1. The molecule has 1 aliphatic heterocycles. The number of aliphatic hydroxyl groups is 1. The van der Waals surface area contributed by atoms with Crippen molar-refractivity contribution in [2.45, 2.75) is 25.6 Å². The van der Waals surface area contributed by atoms with Crippen molar-refractivity contribution < 1.29 is 14.4 Å². The van der Waals surface area contributed by atoms with Crippen molar-refractivity contribution in [3.05, 3.63) is 39.6 Å². The molecule has 130 valence electrons. The van der Waals surface area contributed by atoms with Gasteiger partial charge in [0, 0.05) is 19.6 Å². The molecule has 0 unspecified atom stereocenters. The van der Waals surface area contributed by atoms with E-state index in [2.05, 4.69) is 10.3 Å². The number of rotatable bonds is 4. The third kappa shape index (κ3) is 3.41. The van der Waals surface area contributed by atoms with Crippen LogP contribution in [0.4, 0.5) is 0 Å². The van der Waals surface area contributed by atoms with Crippen molar-refractivity contribution >= 4 is 5.91 Å². The molecule has 1 aliphatic rings. The number of carbonyl (C=O) groups is 1. The van der Waals surface area contributed by atoms with Crippen molar-refractivity contribution in [3.63, 3.8) is 0 Å². The molecule has 0 aliphatic carbocycles. The van der Waals surface area contributed by atoms with Gasteiger partial charge in [-0.1, -0.05) is 0 Å². The van der Waals surface area contributed by atoms with Crippen LogP contribution < -0.4 is 5.56 Å². The summed E-state index contributed by atoms with van der Waals surface area (Å²) < 4.78 is 6.73. The van der Waals surface area contributed by atoms with Crippen LogP contribution in [0.3, 0.4) is 0 Å². The van der Waals surface area contributed by atoms with Gasteiger partial charge in [-0.15, -0.1) is 0 Å². The van der Waals surface area contributed by atoms with Crippen LogP contribution in [0.15, 0.2) is 21.5 Å². The minimum Gasteiger partial charge on any atom is -0.385 e. The molecule has 1 amide bonds. The number of aromatic nitrogens is 3. The van der Waals surface area contributed by atoms with Gasteiger partial charge in [-0.3, -0.25) is 14.3 Å². The summed E-state index contributed by atoms with van der Waals surface area (Å²) in [5.74, 6) is -0.334. The molecule has 3 rings (SSSR count). The van der Waals surface area contributed by atoms with Gasteiger partial charge in [0.2, 0.25) is 5.76 Å². The van der Waals surface area contributed by atoms with E-state index in [1.807, 2.05) is 29.7 Å². The molecule has 0 saturated carbocycles. The highest BCUT2D eigenvalue weighted by Gasteiger charge is 2.25. The highest BCUT2D eigenvalue weighted by Crippen LogP contribution is 2.19. The molecule has 0 aromatic carbocycles. The molecule has 0 spiro atoms. The fourth-order valence-electron chi connectivity index (χ4n) is 2.80. The zero-order valence-corrected chi connectivity index (χ0v) is 13.7. The van der Waals surface area contributed by atoms with Crippen LogP contribution in [-0.2, 0) is 13.1 Å². The molecule has 2 N–H and O–H groups in total. The van der Waals surface area contributed by atoms with Crippen molar-refractivity contribution in [1.29, 1.82) is 0 Å². The Kier molecular flexibility index (Phi) is 4.54. The average molecular weight is 335 g/mol. The number of aryl methyl sites for hydroxylation is 1. The lowest BCUT2D eigenvalue weighted by atomic mass is 10.2. The summed E-state index contributed by atoms with van der Waals surface area (Å²) in [7, 11) is 3.77. The third-order valence-corrected chi connectivity index (χ3v) is 3.93. The lowest BCUT2D eigenvalue weighted by Gasteiger charge is -2.18. The summed E-state index contributed by atoms with van der Waals surface area (Å²) in [6.07, 6.45) is 0.0597. The predicted molar refractivity (Wildman–Crippen MR) is 84.4 cm³/mol.